The monoisotopic (exact) mass is 294 g/mol. The fourth-order valence-corrected chi connectivity index (χ4v) is 1.92. The van der Waals surface area contributed by atoms with Gasteiger partial charge in [-0.3, -0.25) is 9.59 Å². The van der Waals surface area contributed by atoms with Crippen LogP contribution in [-0.2, 0) is 4.79 Å². The number of hydrogen-bond acceptors (Lipinski definition) is 4. The largest absolute Gasteiger partial charge is 0.497 e. The van der Waals surface area contributed by atoms with Gasteiger partial charge in [0.25, 0.3) is 0 Å². The number of benzene rings is 2. The molecule has 0 spiro atoms. The van der Waals surface area contributed by atoms with Crippen molar-refractivity contribution in [1.29, 1.82) is 5.26 Å². The summed E-state index contributed by atoms with van der Waals surface area (Å²) < 4.78 is 5.04. The van der Waals surface area contributed by atoms with Gasteiger partial charge in [0.2, 0.25) is 5.91 Å². The lowest BCUT2D eigenvalue weighted by molar-refractivity contribution is -0.117. The second kappa shape index (κ2) is 7.04. The Bertz CT molecular complexity index is 720. The van der Waals surface area contributed by atoms with Crippen molar-refractivity contribution in [2.24, 2.45) is 5.92 Å². The predicted octanol–water partition coefficient (Wildman–Crippen LogP) is 2.66. The third-order valence-corrected chi connectivity index (χ3v) is 3.05. The zero-order valence-corrected chi connectivity index (χ0v) is 11.9. The molecule has 0 bridgehead atoms. The summed E-state index contributed by atoms with van der Waals surface area (Å²) in [5.74, 6) is -2.13. The lowest BCUT2D eigenvalue weighted by atomic mass is 9.98. The standard InChI is InChI=1S/C17H14N2O3/c1-22-14-9-5-6-12(10-14)16(20)15(11-18)17(21)19-13-7-3-2-4-8-13/h2-10,15H,1H3,(H,19,21). The number of nitrogens with zero attached hydrogens (tertiary/aromatic N) is 1. The van der Waals surface area contributed by atoms with Crippen molar-refractivity contribution < 1.29 is 14.3 Å². The van der Waals surface area contributed by atoms with Crippen LogP contribution in [0.4, 0.5) is 5.69 Å². The van der Waals surface area contributed by atoms with E-state index < -0.39 is 17.6 Å². The third kappa shape index (κ3) is 3.49. The van der Waals surface area contributed by atoms with E-state index in [-0.39, 0.29) is 5.56 Å². The van der Waals surface area contributed by atoms with Gasteiger partial charge in [-0.25, -0.2) is 0 Å². The van der Waals surface area contributed by atoms with Gasteiger partial charge in [-0.2, -0.15) is 5.26 Å². The number of para-hydroxylation sites is 1. The highest BCUT2D eigenvalue weighted by atomic mass is 16.5. The van der Waals surface area contributed by atoms with Gasteiger partial charge in [-0.05, 0) is 24.3 Å². The maximum atomic E-state index is 12.3. The number of Topliss-reactive ketones (excluding diaryl/α,β-unsaturated/α-hetero) is 1. The van der Waals surface area contributed by atoms with Crippen molar-refractivity contribution in [2.45, 2.75) is 0 Å². The number of carbonyl (C=O) groups excluding carboxylic acids is 2. The first-order valence-electron chi connectivity index (χ1n) is 6.59. The van der Waals surface area contributed by atoms with Gasteiger partial charge in [0.1, 0.15) is 5.75 Å². The van der Waals surface area contributed by atoms with Gasteiger partial charge >= 0.3 is 0 Å². The van der Waals surface area contributed by atoms with Crippen LogP contribution in [0.15, 0.2) is 54.6 Å². The maximum absolute atomic E-state index is 12.3. The molecule has 0 heterocycles. The molecule has 1 N–H and O–H groups in total. The van der Waals surface area contributed by atoms with E-state index in [1.165, 1.54) is 13.2 Å². The van der Waals surface area contributed by atoms with E-state index in [1.807, 2.05) is 0 Å². The van der Waals surface area contributed by atoms with Crippen molar-refractivity contribution in [1.82, 2.24) is 0 Å². The van der Waals surface area contributed by atoms with E-state index in [4.69, 9.17) is 10.00 Å². The zero-order valence-electron chi connectivity index (χ0n) is 11.9. The predicted molar refractivity (Wildman–Crippen MR) is 81.5 cm³/mol. The molecule has 0 aliphatic rings. The van der Waals surface area contributed by atoms with Crippen molar-refractivity contribution in [3.8, 4) is 11.8 Å². The van der Waals surface area contributed by atoms with E-state index in [9.17, 15) is 9.59 Å². The molecule has 0 fully saturated rings. The van der Waals surface area contributed by atoms with E-state index in [2.05, 4.69) is 5.32 Å². The number of carbonyl (C=O) groups is 2. The Morgan fingerprint density at radius 3 is 2.50 bits per heavy atom. The van der Waals surface area contributed by atoms with Crippen LogP contribution < -0.4 is 10.1 Å². The summed E-state index contributed by atoms with van der Waals surface area (Å²) in [7, 11) is 1.48. The average Bonchev–Trinajstić information content (AvgIpc) is 2.56. The number of nitriles is 1. The number of amides is 1. The molecule has 0 radical (unpaired) electrons. The van der Waals surface area contributed by atoms with Crippen LogP contribution in [0.2, 0.25) is 0 Å². The highest BCUT2D eigenvalue weighted by Crippen LogP contribution is 2.17. The molecule has 0 saturated heterocycles. The summed E-state index contributed by atoms with van der Waals surface area (Å²) in [4.78, 5) is 24.5. The zero-order chi connectivity index (χ0) is 15.9. The average molecular weight is 294 g/mol. The number of ketones is 1. The Kier molecular flexibility index (Phi) is 4.89. The fourth-order valence-electron chi connectivity index (χ4n) is 1.92. The third-order valence-electron chi connectivity index (χ3n) is 3.05. The van der Waals surface area contributed by atoms with Crippen LogP contribution in [0.25, 0.3) is 0 Å². The van der Waals surface area contributed by atoms with Crippen LogP contribution >= 0.6 is 0 Å². The number of anilines is 1. The molecule has 22 heavy (non-hydrogen) atoms. The van der Waals surface area contributed by atoms with Crippen LogP contribution in [0.3, 0.4) is 0 Å². The molecular formula is C17H14N2O3. The maximum Gasteiger partial charge on any atom is 0.249 e. The molecule has 2 aromatic rings. The highest BCUT2D eigenvalue weighted by molar-refractivity contribution is 6.15. The minimum Gasteiger partial charge on any atom is -0.497 e. The lowest BCUT2D eigenvalue weighted by Gasteiger charge is -2.10. The van der Waals surface area contributed by atoms with Gasteiger partial charge < -0.3 is 10.1 Å². The van der Waals surface area contributed by atoms with Gasteiger partial charge in [0.05, 0.1) is 13.2 Å². The second-order valence-electron chi connectivity index (χ2n) is 4.51. The number of hydrogen-bond donors (Lipinski definition) is 1. The molecule has 5 heteroatoms. The first-order valence-corrected chi connectivity index (χ1v) is 6.59. The summed E-state index contributed by atoms with van der Waals surface area (Å²) in [6.07, 6.45) is 0. The topological polar surface area (TPSA) is 79.2 Å². The van der Waals surface area contributed by atoms with E-state index >= 15 is 0 Å². The molecular weight excluding hydrogens is 280 g/mol. The number of rotatable bonds is 5. The quantitative estimate of drug-likeness (QED) is 0.679. The Balaban J connectivity index is 2.18. The van der Waals surface area contributed by atoms with E-state index in [0.717, 1.165) is 0 Å². The Labute approximate surface area is 128 Å². The first-order chi connectivity index (χ1) is 10.7. The van der Waals surface area contributed by atoms with Crippen LogP contribution in [-0.4, -0.2) is 18.8 Å². The summed E-state index contributed by atoms with van der Waals surface area (Å²) in [5, 5.41) is 11.7. The Hall–Kier alpha value is -3.13. The molecule has 1 atom stereocenters. The fraction of sp³-hybridized carbons (Fsp3) is 0.118. The molecule has 0 aliphatic heterocycles. The lowest BCUT2D eigenvalue weighted by Crippen LogP contribution is -2.28. The van der Waals surface area contributed by atoms with Gasteiger partial charge in [0.15, 0.2) is 11.7 Å². The van der Waals surface area contributed by atoms with Crippen molar-refractivity contribution in [2.75, 3.05) is 12.4 Å². The summed E-state index contributed by atoms with van der Waals surface area (Å²) in [6, 6.07) is 16.8. The normalized spacial score (nSPS) is 11.1. The van der Waals surface area contributed by atoms with Crippen molar-refractivity contribution >= 4 is 17.4 Å². The number of ether oxygens (including phenoxy) is 1. The van der Waals surface area contributed by atoms with Crippen LogP contribution in [0.5, 0.6) is 5.75 Å². The van der Waals surface area contributed by atoms with Gasteiger partial charge in [0, 0.05) is 11.3 Å². The highest BCUT2D eigenvalue weighted by Gasteiger charge is 2.27. The van der Waals surface area contributed by atoms with E-state index in [0.29, 0.717) is 11.4 Å². The SMILES string of the molecule is COc1cccc(C(=O)C(C#N)C(=O)Nc2ccccc2)c1. The number of nitrogens with one attached hydrogen (secondary N) is 1. The van der Waals surface area contributed by atoms with E-state index in [1.54, 1.807) is 54.6 Å². The van der Waals surface area contributed by atoms with Gasteiger partial charge in [-0.15, -0.1) is 0 Å². The molecule has 2 rings (SSSR count). The molecule has 5 nitrogen and oxygen atoms in total. The summed E-state index contributed by atoms with van der Waals surface area (Å²) >= 11 is 0. The Morgan fingerprint density at radius 1 is 1.14 bits per heavy atom. The van der Waals surface area contributed by atoms with Crippen molar-refractivity contribution in [3.05, 3.63) is 60.2 Å². The molecule has 1 amide bonds. The first kappa shape index (κ1) is 15.3. The minimum absolute atomic E-state index is 0.258. The van der Waals surface area contributed by atoms with Crippen molar-refractivity contribution in [3.63, 3.8) is 0 Å². The second-order valence-corrected chi connectivity index (χ2v) is 4.51. The molecule has 0 saturated carbocycles. The molecule has 0 aromatic heterocycles. The molecule has 110 valence electrons. The minimum atomic E-state index is -1.41. The smallest absolute Gasteiger partial charge is 0.249 e. The summed E-state index contributed by atoms with van der Waals surface area (Å²) in [5.41, 5.74) is 0.792. The van der Waals surface area contributed by atoms with Crippen LogP contribution in [0.1, 0.15) is 10.4 Å². The molecule has 2 aromatic carbocycles. The number of methoxy groups -OCH3 is 1. The van der Waals surface area contributed by atoms with Crippen LogP contribution in [0, 0.1) is 17.2 Å². The molecule has 1 unspecified atom stereocenters. The summed E-state index contributed by atoms with van der Waals surface area (Å²) in [6.45, 7) is 0. The van der Waals surface area contributed by atoms with Gasteiger partial charge in [-0.1, -0.05) is 30.3 Å². The molecule has 0 aliphatic carbocycles. The Morgan fingerprint density at radius 2 is 1.86 bits per heavy atom.